The van der Waals surface area contributed by atoms with Gasteiger partial charge in [-0.05, 0) is 5.56 Å². The summed E-state index contributed by atoms with van der Waals surface area (Å²) in [5.41, 5.74) is 8.13. The maximum atomic E-state index is 6.05. The number of benzene rings is 1. The minimum Gasteiger partial charge on any atom is -0.348 e. The van der Waals surface area contributed by atoms with Crippen molar-refractivity contribution < 1.29 is 4.52 Å². The van der Waals surface area contributed by atoms with E-state index < -0.39 is 0 Å². The third-order valence-electron chi connectivity index (χ3n) is 3.00. The Morgan fingerprint density at radius 3 is 2.85 bits per heavy atom. The lowest BCUT2D eigenvalue weighted by Gasteiger charge is -2.03. The topological polar surface area (TPSA) is 93.6 Å². The normalized spacial score (nSPS) is 12.4. The molecule has 0 bridgehead atoms. The third kappa shape index (κ3) is 2.92. The van der Waals surface area contributed by atoms with Gasteiger partial charge in [-0.25, -0.2) is 4.98 Å². The van der Waals surface area contributed by atoms with Gasteiger partial charge in [-0.15, -0.1) is 0 Å². The zero-order valence-corrected chi connectivity index (χ0v) is 10.9. The van der Waals surface area contributed by atoms with Gasteiger partial charge < -0.3 is 15.2 Å². The van der Waals surface area contributed by atoms with Crippen molar-refractivity contribution in [3.63, 3.8) is 0 Å². The van der Waals surface area contributed by atoms with E-state index in [9.17, 15) is 0 Å². The summed E-state index contributed by atoms with van der Waals surface area (Å²) in [5.74, 6) is 1.09. The van der Waals surface area contributed by atoms with Gasteiger partial charge in [0.25, 0.3) is 0 Å². The number of nitrogens with zero attached hydrogens (tertiary/aromatic N) is 3. The molecule has 0 spiro atoms. The molecule has 3 N–H and O–H groups in total. The number of aromatic amines is 1. The molecule has 0 saturated heterocycles. The summed E-state index contributed by atoms with van der Waals surface area (Å²) in [6.07, 6.45) is 4.59. The Bertz CT molecular complexity index is 647. The number of hydrogen-bond acceptors (Lipinski definition) is 5. The molecule has 0 aliphatic heterocycles. The molecule has 0 amide bonds. The zero-order valence-electron chi connectivity index (χ0n) is 10.9. The van der Waals surface area contributed by atoms with E-state index in [4.69, 9.17) is 10.3 Å². The maximum absolute atomic E-state index is 6.05. The van der Waals surface area contributed by atoms with Gasteiger partial charge in [0, 0.05) is 24.7 Å². The molecule has 6 heteroatoms. The zero-order chi connectivity index (χ0) is 13.8. The summed E-state index contributed by atoms with van der Waals surface area (Å²) < 4.78 is 5.23. The molecule has 2 aromatic heterocycles. The second kappa shape index (κ2) is 5.66. The predicted octanol–water partition coefficient (Wildman–Crippen LogP) is 1.63. The van der Waals surface area contributed by atoms with Gasteiger partial charge in [0.15, 0.2) is 5.82 Å². The number of hydrogen-bond donors (Lipinski definition) is 2. The Labute approximate surface area is 116 Å². The van der Waals surface area contributed by atoms with Gasteiger partial charge in [-0.3, -0.25) is 0 Å². The quantitative estimate of drug-likeness (QED) is 0.734. The lowest BCUT2D eigenvalue weighted by atomic mass is 10.1. The molecule has 2 heterocycles. The van der Waals surface area contributed by atoms with E-state index in [0.29, 0.717) is 24.6 Å². The summed E-state index contributed by atoms with van der Waals surface area (Å²) >= 11 is 0. The van der Waals surface area contributed by atoms with Crippen molar-refractivity contribution in [3.05, 3.63) is 65.8 Å². The number of imidazole rings is 1. The highest BCUT2D eigenvalue weighted by Gasteiger charge is 2.16. The fourth-order valence-corrected chi connectivity index (χ4v) is 1.99. The van der Waals surface area contributed by atoms with Crippen LogP contribution in [0.15, 0.2) is 47.4 Å². The number of nitrogens with two attached hydrogens (primary N) is 1. The summed E-state index contributed by atoms with van der Waals surface area (Å²) in [6.45, 7) is 0. The van der Waals surface area contributed by atoms with Crippen LogP contribution in [-0.4, -0.2) is 20.1 Å². The van der Waals surface area contributed by atoms with Gasteiger partial charge in [0.05, 0.1) is 12.4 Å². The van der Waals surface area contributed by atoms with Gasteiger partial charge in [0.1, 0.15) is 0 Å². The summed E-state index contributed by atoms with van der Waals surface area (Å²) in [7, 11) is 0. The van der Waals surface area contributed by atoms with Crippen LogP contribution in [0.4, 0.5) is 0 Å². The second-order valence-electron chi connectivity index (χ2n) is 4.60. The molecule has 0 unspecified atom stereocenters. The van der Waals surface area contributed by atoms with E-state index >= 15 is 0 Å². The van der Waals surface area contributed by atoms with Gasteiger partial charge in [-0.1, -0.05) is 35.5 Å². The number of H-pyrrole nitrogens is 1. The van der Waals surface area contributed by atoms with Crippen LogP contribution in [0.1, 0.15) is 29.0 Å². The average Bonchev–Trinajstić information content (AvgIpc) is 3.11. The smallest absolute Gasteiger partial charge is 0.243 e. The van der Waals surface area contributed by atoms with Crippen LogP contribution in [0.2, 0.25) is 0 Å². The van der Waals surface area contributed by atoms with Crippen molar-refractivity contribution in [2.75, 3.05) is 0 Å². The first-order chi connectivity index (χ1) is 9.81. The Balaban J connectivity index is 1.67. The highest BCUT2D eigenvalue weighted by Crippen LogP contribution is 2.14. The second-order valence-corrected chi connectivity index (χ2v) is 4.60. The van der Waals surface area contributed by atoms with Crippen LogP contribution in [0.25, 0.3) is 0 Å². The molecule has 0 aliphatic rings. The monoisotopic (exact) mass is 269 g/mol. The molecule has 0 saturated carbocycles. The first kappa shape index (κ1) is 12.6. The standard InChI is InChI=1S/C14H15N5O/c15-12(7-11-8-16-9-17-11)14-18-13(19-20-14)6-10-4-2-1-3-5-10/h1-5,8-9,12H,6-7,15H2,(H,16,17)/t12-/m0/s1. The van der Waals surface area contributed by atoms with Crippen molar-refractivity contribution in [1.82, 2.24) is 20.1 Å². The molecule has 0 fully saturated rings. The fraction of sp³-hybridized carbons (Fsp3) is 0.214. The largest absolute Gasteiger partial charge is 0.348 e. The molecular formula is C14H15N5O. The summed E-state index contributed by atoms with van der Waals surface area (Å²) in [5, 5.41) is 3.97. The molecule has 0 radical (unpaired) electrons. The summed E-state index contributed by atoms with van der Waals surface area (Å²) in [4.78, 5) is 11.3. The van der Waals surface area contributed by atoms with E-state index in [-0.39, 0.29) is 6.04 Å². The van der Waals surface area contributed by atoms with E-state index in [1.54, 1.807) is 12.5 Å². The van der Waals surface area contributed by atoms with Crippen LogP contribution in [0.3, 0.4) is 0 Å². The van der Waals surface area contributed by atoms with Gasteiger partial charge in [-0.2, -0.15) is 4.98 Å². The van der Waals surface area contributed by atoms with Crippen molar-refractivity contribution >= 4 is 0 Å². The maximum Gasteiger partial charge on any atom is 0.243 e. The molecule has 3 aromatic rings. The van der Waals surface area contributed by atoms with Crippen LogP contribution >= 0.6 is 0 Å². The lowest BCUT2D eigenvalue weighted by molar-refractivity contribution is 0.350. The van der Waals surface area contributed by atoms with Gasteiger partial charge in [0.2, 0.25) is 5.89 Å². The fourth-order valence-electron chi connectivity index (χ4n) is 1.99. The number of rotatable bonds is 5. The van der Waals surface area contributed by atoms with E-state index in [1.807, 2.05) is 30.3 Å². The molecule has 1 atom stereocenters. The third-order valence-corrected chi connectivity index (χ3v) is 3.00. The first-order valence-electron chi connectivity index (χ1n) is 6.40. The predicted molar refractivity (Wildman–Crippen MR) is 72.8 cm³/mol. The van der Waals surface area contributed by atoms with Crippen molar-refractivity contribution in [2.45, 2.75) is 18.9 Å². The molecule has 20 heavy (non-hydrogen) atoms. The van der Waals surface area contributed by atoms with Crippen LogP contribution in [0.5, 0.6) is 0 Å². The average molecular weight is 269 g/mol. The highest BCUT2D eigenvalue weighted by molar-refractivity contribution is 5.18. The van der Waals surface area contributed by atoms with E-state index in [1.165, 1.54) is 0 Å². The Hall–Kier alpha value is -2.47. The lowest BCUT2D eigenvalue weighted by Crippen LogP contribution is -2.14. The van der Waals surface area contributed by atoms with E-state index in [0.717, 1.165) is 11.3 Å². The minimum absolute atomic E-state index is 0.326. The van der Waals surface area contributed by atoms with Crippen molar-refractivity contribution in [2.24, 2.45) is 5.73 Å². The molecule has 102 valence electrons. The number of aromatic nitrogens is 4. The molecular weight excluding hydrogens is 254 g/mol. The van der Waals surface area contributed by atoms with E-state index in [2.05, 4.69) is 20.1 Å². The number of nitrogens with one attached hydrogen (secondary N) is 1. The first-order valence-corrected chi connectivity index (χ1v) is 6.40. The molecule has 0 aliphatic carbocycles. The minimum atomic E-state index is -0.326. The Morgan fingerprint density at radius 1 is 1.25 bits per heavy atom. The molecule has 3 rings (SSSR count). The SMILES string of the molecule is N[C@@H](Cc1cnc[nH]1)c1nc(Cc2ccccc2)no1. The summed E-state index contributed by atoms with van der Waals surface area (Å²) in [6, 6.07) is 9.68. The van der Waals surface area contributed by atoms with Crippen molar-refractivity contribution in [1.29, 1.82) is 0 Å². The molecule has 6 nitrogen and oxygen atoms in total. The van der Waals surface area contributed by atoms with Crippen LogP contribution < -0.4 is 5.73 Å². The molecule has 1 aromatic carbocycles. The van der Waals surface area contributed by atoms with Crippen molar-refractivity contribution in [3.8, 4) is 0 Å². The Morgan fingerprint density at radius 2 is 2.10 bits per heavy atom. The van der Waals surface area contributed by atoms with Crippen LogP contribution in [0, 0.1) is 0 Å². The highest BCUT2D eigenvalue weighted by atomic mass is 16.5. The van der Waals surface area contributed by atoms with Gasteiger partial charge >= 0.3 is 0 Å². The Kier molecular flexibility index (Phi) is 3.56. The van der Waals surface area contributed by atoms with Crippen LogP contribution in [-0.2, 0) is 12.8 Å².